The maximum Gasteiger partial charge on any atom is 0.317 e. The van der Waals surface area contributed by atoms with E-state index in [4.69, 9.17) is 5.11 Å². The Labute approximate surface area is 126 Å². The lowest BCUT2D eigenvalue weighted by molar-refractivity contribution is -0.138. The molecule has 0 radical (unpaired) electrons. The summed E-state index contributed by atoms with van der Waals surface area (Å²) in [7, 11) is 0. The molecule has 21 heavy (non-hydrogen) atoms. The van der Waals surface area contributed by atoms with E-state index in [1.807, 2.05) is 28.5 Å². The van der Waals surface area contributed by atoms with Crippen molar-refractivity contribution in [3.05, 3.63) is 35.5 Å². The van der Waals surface area contributed by atoms with Crippen molar-refractivity contribution in [1.82, 2.24) is 14.9 Å². The van der Waals surface area contributed by atoms with Crippen molar-refractivity contribution in [3.63, 3.8) is 0 Å². The molecule has 3 rings (SSSR count). The first-order valence-corrected chi connectivity index (χ1v) is 7.69. The van der Waals surface area contributed by atoms with Crippen LogP contribution in [0.15, 0.2) is 29.8 Å². The summed E-state index contributed by atoms with van der Waals surface area (Å²) >= 11 is 1.52. The number of nitrogens with zero attached hydrogens (tertiary/aromatic N) is 3. The minimum atomic E-state index is -0.788. The van der Waals surface area contributed by atoms with Crippen LogP contribution in [0.3, 0.4) is 0 Å². The van der Waals surface area contributed by atoms with Crippen molar-refractivity contribution in [2.24, 2.45) is 0 Å². The molecule has 2 aromatic rings. The molecule has 2 aromatic heterocycles. The number of carboxylic acids is 1. The molecule has 1 fully saturated rings. The maximum absolute atomic E-state index is 10.9. The highest BCUT2D eigenvalue weighted by molar-refractivity contribution is 7.13. The number of hydrogen-bond acceptors (Lipinski definition) is 6. The molecule has 110 valence electrons. The molecule has 1 aliphatic rings. The lowest BCUT2D eigenvalue weighted by Gasteiger charge is -2.20. The van der Waals surface area contributed by atoms with Crippen LogP contribution in [-0.4, -0.2) is 39.0 Å². The molecule has 0 aliphatic carbocycles. The number of rotatable bonds is 5. The first kappa shape index (κ1) is 14.0. The number of anilines is 2. The number of hydrogen-bond donors (Lipinski definition) is 2. The monoisotopic (exact) mass is 304 g/mol. The van der Waals surface area contributed by atoms with E-state index in [-0.39, 0.29) is 12.6 Å². The number of carbonyl (C=O) groups is 1. The van der Waals surface area contributed by atoms with Gasteiger partial charge in [0, 0.05) is 11.6 Å². The summed E-state index contributed by atoms with van der Waals surface area (Å²) in [5.74, 6) is -0.0313. The van der Waals surface area contributed by atoms with Crippen LogP contribution in [0, 0.1) is 0 Å². The Kier molecular flexibility index (Phi) is 4.12. The Balaban J connectivity index is 1.71. The highest BCUT2D eigenvalue weighted by atomic mass is 32.1. The molecule has 0 aromatic carbocycles. The Hall–Kier alpha value is -1.99. The third-order valence-electron chi connectivity index (χ3n) is 3.47. The van der Waals surface area contributed by atoms with E-state index in [0.29, 0.717) is 0 Å². The third kappa shape index (κ3) is 3.37. The summed E-state index contributed by atoms with van der Waals surface area (Å²) in [6, 6.07) is 5.76. The van der Waals surface area contributed by atoms with Gasteiger partial charge in [0.15, 0.2) is 5.13 Å². The SMILES string of the molecule is O=C(O)CN1CCC[C@H]1c1csc(Nc2ccccn2)n1. The van der Waals surface area contributed by atoms with E-state index in [1.165, 1.54) is 11.3 Å². The summed E-state index contributed by atoms with van der Waals surface area (Å²) in [4.78, 5) is 21.7. The fourth-order valence-corrected chi connectivity index (χ4v) is 3.33. The van der Waals surface area contributed by atoms with E-state index in [1.54, 1.807) is 6.20 Å². The summed E-state index contributed by atoms with van der Waals surface area (Å²) in [6.45, 7) is 0.892. The van der Waals surface area contributed by atoms with Crippen molar-refractivity contribution in [3.8, 4) is 0 Å². The van der Waals surface area contributed by atoms with Gasteiger partial charge in [0.25, 0.3) is 0 Å². The Morgan fingerprint density at radius 1 is 1.52 bits per heavy atom. The van der Waals surface area contributed by atoms with Crippen LogP contribution in [0.5, 0.6) is 0 Å². The second-order valence-electron chi connectivity index (χ2n) is 4.94. The molecule has 1 saturated heterocycles. The summed E-state index contributed by atoms with van der Waals surface area (Å²) in [6.07, 6.45) is 3.70. The number of nitrogens with one attached hydrogen (secondary N) is 1. The van der Waals surface area contributed by atoms with E-state index >= 15 is 0 Å². The number of aromatic nitrogens is 2. The smallest absolute Gasteiger partial charge is 0.317 e. The van der Waals surface area contributed by atoms with Gasteiger partial charge >= 0.3 is 5.97 Å². The van der Waals surface area contributed by atoms with Gasteiger partial charge in [-0.2, -0.15) is 0 Å². The van der Waals surface area contributed by atoms with Crippen molar-refractivity contribution >= 4 is 28.3 Å². The Bertz CT molecular complexity index is 616. The number of thiazole rings is 1. The largest absolute Gasteiger partial charge is 0.480 e. The van der Waals surface area contributed by atoms with Gasteiger partial charge in [0.05, 0.1) is 18.3 Å². The molecular weight excluding hydrogens is 288 g/mol. The van der Waals surface area contributed by atoms with Crippen molar-refractivity contribution in [2.75, 3.05) is 18.4 Å². The average molecular weight is 304 g/mol. The quantitative estimate of drug-likeness (QED) is 0.883. The van der Waals surface area contributed by atoms with Crippen LogP contribution in [0.4, 0.5) is 10.9 Å². The normalized spacial score (nSPS) is 18.8. The average Bonchev–Trinajstić information content (AvgIpc) is 3.08. The van der Waals surface area contributed by atoms with Gasteiger partial charge in [-0.15, -0.1) is 11.3 Å². The highest BCUT2D eigenvalue weighted by Gasteiger charge is 2.29. The second-order valence-corrected chi connectivity index (χ2v) is 5.80. The Morgan fingerprint density at radius 3 is 3.19 bits per heavy atom. The van der Waals surface area contributed by atoms with Crippen molar-refractivity contribution in [2.45, 2.75) is 18.9 Å². The molecule has 1 atom stereocenters. The van der Waals surface area contributed by atoms with Gasteiger partial charge in [0.1, 0.15) is 5.82 Å². The van der Waals surface area contributed by atoms with Crippen LogP contribution < -0.4 is 5.32 Å². The lowest BCUT2D eigenvalue weighted by atomic mass is 10.2. The van der Waals surface area contributed by atoms with Gasteiger partial charge < -0.3 is 10.4 Å². The molecule has 2 N–H and O–H groups in total. The molecule has 3 heterocycles. The molecule has 0 unspecified atom stereocenters. The fourth-order valence-electron chi connectivity index (χ4n) is 2.57. The van der Waals surface area contributed by atoms with Gasteiger partial charge in [-0.1, -0.05) is 6.07 Å². The van der Waals surface area contributed by atoms with Gasteiger partial charge in [0.2, 0.25) is 0 Å². The minimum Gasteiger partial charge on any atom is -0.480 e. The lowest BCUT2D eigenvalue weighted by Crippen LogP contribution is -2.29. The molecule has 0 saturated carbocycles. The zero-order valence-electron chi connectivity index (χ0n) is 11.4. The van der Waals surface area contributed by atoms with Gasteiger partial charge in [-0.3, -0.25) is 9.69 Å². The fraction of sp³-hybridized carbons (Fsp3) is 0.357. The van der Waals surface area contributed by atoms with E-state index < -0.39 is 5.97 Å². The number of carboxylic acid groups (broad SMARTS) is 1. The van der Waals surface area contributed by atoms with Crippen LogP contribution in [-0.2, 0) is 4.79 Å². The molecule has 0 bridgehead atoms. The van der Waals surface area contributed by atoms with Crippen LogP contribution in [0.2, 0.25) is 0 Å². The molecule has 1 aliphatic heterocycles. The first-order valence-electron chi connectivity index (χ1n) is 6.82. The van der Waals surface area contributed by atoms with Gasteiger partial charge in [-0.25, -0.2) is 9.97 Å². The molecular formula is C14H16N4O2S. The standard InChI is InChI=1S/C14H16N4O2S/c19-13(20)8-18-7-3-4-11(18)10-9-21-14(16-10)17-12-5-1-2-6-15-12/h1-2,5-6,9,11H,3-4,7-8H2,(H,19,20)(H,15,16,17)/t11-/m0/s1. The summed E-state index contributed by atoms with van der Waals surface area (Å²) in [5.41, 5.74) is 0.942. The Morgan fingerprint density at radius 2 is 2.43 bits per heavy atom. The van der Waals surface area contributed by atoms with Crippen LogP contribution in [0.25, 0.3) is 0 Å². The topological polar surface area (TPSA) is 78.4 Å². The molecule has 0 amide bonds. The van der Waals surface area contributed by atoms with Gasteiger partial charge in [-0.05, 0) is 31.5 Å². The number of likely N-dealkylation sites (tertiary alicyclic amines) is 1. The zero-order chi connectivity index (χ0) is 14.7. The predicted octanol–water partition coefficient (Wildman–Crippen LogP) is 2.50. The minimum absolute atomic E-state index is 0.0746. The van der Waals surface area contributed by atoms with Crippen molar-refractivity contribution in [1.29, 1.82) is 0 Å². The number of aliphatic carboxylic acids is 1. The summed E-state index contributed by atoms with van der Waals surface area (Å²) in [5, 5.41) is 14.9. The molecule has 7 heteroatoms. The van der Waals surface area contributed by atoms with Crippen molar-refractivity contribution < 1.29 is 9.90 Å². The highest BCUT2D eigenvalue weighted by Crippen LogP contribution is 2.33. The third-order valence-corrected chi connectivity index (χ3v) is 4.24. The summed E-state index contributed by atoms with van der Waals surface area (Å²) < 4.78 is 0. The maximum atomic E-state index is 10.9. The van der Waals surface area contributed by atoms with E-state index in [9.17, 15) is 4.79 Å². The van der Waals surface area contributed by atoms with Crippen LogP contribution >= 0.6 is 11.3 Å². The number of pyridine rings is 1. The molecule has 6 nitrogen and oxygen atoms in total. The van der Waals surface area contributed by atoms with E-state index in [0.717, 1.165) is 36.0 Å². The van der Waals surface area contributed by atoms with Crippen LogP contribution in [0.1, 0.15) is 24.6 Å². The predicted molar refractivity (Wildman–Crippen MR) is 80.8 cm³/mol. The zero-order valence-corrected chi connectivity index (χ0v) is 12.2. The second kappa shape index (κ2) is 6.19. The van der Waals surface area contributed by atoms with E-state index in [2.05, 4.69) is 15.3 Å². The molecule has 0 spiro atoms. The first-order chi connectivity index (χ1) is 10.2.